The minimum absolute atomic E-state index is 0.0800. The highest BCUT2D eigenvalue weighted by atomic mass is 16.2. The minimum Gasteiger partial charge on any atom is -0.343 e. The van der Waals surface area contributed by atoms with Crippen LogP contribution in [0.1, 0.15) is 16.1 Å². The van der Waals surface area contributed by atoms with Gasteiger partial charge in [0.1, 0.15) is 5.69 Å². The monoisotopic (exact) mass is 283 g/mol. The van der Waals surface area contributed by atoms with Gasteiger partial charge in [0.2, 0.25) is 0 Å². The number of aromatic nitrogens is 1. The number of rotatable bonds is 4. The summed E-state index contributed by atoms with van der Waals surface area (Å²) in [5, 5.41) is 0. The van der Waals surface area contributed by atoms with E-state index in [-0.39, 0.29) is 5.91 Å². The Morgan fingerprint density at radius 3 is 2.52 bits per heavy atom. The zero-order valence-corrected chi connectivity index (χ0v) is 13.0. The summed E-state index contributed by atoms with van der Waals surface area (Å²) in [4.78, 5) is 20.2. The number of pyridine rings is 1. The summed E-state index contributed by atoms with van der Waals surface area (Å²) >= 11 is 0. The van der Waals surface area contributed by atoms with Crippen LogP contribution in [-0.2, 0) is 6.54 Å². The predicted octanol–water partition coefficient (Wildman–Crippen LogP) is 2.51. The van der Waals surface area contributed by atoms with Crippen LogP contribution in [-0.4, -0.2) is 48.9 Å². The Hall–Kier alpha value is -2.20. The van der Waals surface area contributed by atoms with Crippen molar-refractivity contribution in [2.75, 3.05) is 28.2 Å². The van der Waals surface area contributed by atoms with Crippen molar-refractivity contribution in [2.45, 2.75) is 6.54 Å². The standard InChI is InChI=1S/C17H21N3O/c1-19(2)12-13-7-5-8-14(11-13)15-9-6-10-18-16(15)17(21)20(3)4/h5-11H,12H2,1-4H3. The molecule has 0 aliphatic carbocycles. The summed E-state index contributed by atoms with van der Waals surface area (Å²) in [5.41, 5.74) is 3.60. The second kappa shape index (κ2) is 6.50. The molecule has 2 rings (SSSR count). The van der Waals surface area contributed by atoms with Gasteiger partial charge < -0.3 is 9.80 Å². The van der Waals surface area contributed by atoms with Crippen molar-refractivity contribution in [3.05, 3.63) is 53.9 Å². The number of carbonyl (C=O) groups excluding carboxylic acids is 1. The highest BCUT2D eigenvalue weighted by Crippen LogP contribution is 2.24. The third-order valence-electron chi connectivity index (χ3n) is 3.15. The quantitative estimate of drug-likeness (QED) is 0.865. The van der Waals surface area contributed by atoms with Crippen molar-refractivity contribution in [1.29, 1.82) is 0 Å². The molecule has 0 aliphatic rings. The zero-order chi connectivity index (χ0) is 15.4. The Kier molecular flexibility index (Phi) is 4.70. The molecule has 4 nitrogen and oxygen atoms in total. The number of amides is 1. The van der Waals surface area contributed by atoms with Gasteiger partial charge in [0.05, 0.1) is 0 Å². The Bertz CT molecular complexity index is 635. The van der Waals surface area contributed by atoms with Crippen LogP contribution in [0.15, 0.2) is 42.6 Å². The van der Waals surface area contributed by atoms with E-state index in [0.717, 1.165) is 17.7 Å². The molecule has 1 heterocycles. The van der Waals surface area contributed by atoms with Crippen LogP contribution < -0.4 is 0 Å². The van der Waals surface area contributed by atoms with E-state index in [1.807, 2.05) is 38.4 Å². The smallest absolute Gasteiger partial charge is 0.272 e. The molecule has 110 valence electrons. The van der Waals surface area contributed by atoms with Gasteiger partial charge in [-0.1, -0.05) is 24.3 Å². The molecule has 0 saturated heterocycles. The van der Waals surface area contributed by atoms with Gasteiger partial charge in [-0.2, -0.15) is 0 Å². The molecule has 21 heavy (non-hydrogen) atoms. The number of hydrogen-bond donors (Lipinski definition) is 0. The van der Waals surface area contributed by atoms with E-state index in [1.165, 1.54) is 5.56 Å². The lowest BCUT2D eigenvalue weighted by atomic mass is 10.0. The first-order valence-electron chi connectivity index (χ1n) is 6.89. The first kappa shape index (κ1) is 15.2. The fourth-order valence-electron chi connectivity index (χ4n) is 2.22. The van der Waals surface area contributed by atoms with Gasteiger partial charge in [0, 0.05) is 32.4 Å². The van der Waals surface area contributed by atoms with E-state index in [4.69, 9.17) is 0 Å². The SMILES string of the molecule is CN(C)Cc1cccc(-c2cccnc2C(=O)N(C)C)c1. The molecule has 0 aliphatic heterocycles. The zero-order valence-electron chi connectivity index (χ0n) is 13.0. The second-order valence-corrected chi connectivity index (χ2v) is 5.54. The first-order chi connectivity index (χ1) is 9.99. The molecule has 0 N–H and O–H groups in total. The van der Waals surface area contributed by atoms with Gasteiger partial charge >= 0.3 is 0 Å². The maximum atomic E-state index is 12.3. The van der Waals surface area contributed by atoms with E-state index in [9.17, 15) is 4.79 Å². The van der Waals surface area contributed by atoms with Crippen molar-refractivity contribution in [3.63, 3.8) is 0 Å². The lowest BCUT2D eigenvalue weighted by Crippen LogP contribution is -2.23. The lowest BCUT2D eigenvalue weighted by molar-refractivity contribution is 0.0823. The van der Waals surface area contributed by atoms with Gasteiger partial charge in [0.25, 0.3) is 5.91 Å². The van der Waals surface area contributed by atoms with E-state index in [0.29, 0.717) is 5.69 Å². The summed E-state index contributed by atoms with van der Waals surface area (Å²) in [6.45, 7) is 0.866. The Morgan fingerprint density at radius 1 is 1.10 bits per heavy atom. The van der Waals surface area contributed by atoms with Crippen LogP contribution in [0, 0.1) is 0 Å². The molecule has 0 unspecified atom stereocenters. The van der Waals surface area contributed by atoms with Crippen molar-refractivity contribution in [2.24, 2.45) is 0 Å². The van der Waals surface area contributed by atoms with Crippen LogP contribution in [0.4, 0.5) is 0 Å². The van der Waals surface area contributed by atoms with Crippen molar-refractivity contribution in [3.8, 4) is 11.1 Å². The van der Waals surface area contributed by atoms with Gasteiger partial charge in [-0.3, -0.25) is 9.78 Å². The topological polar surface area (TPSA) is 36.4 Å². The average molecular weight is 283 g/mol. The van der Waals surface area contributed by atoms with E-state index >= 15 is 0 Å². The largest absolute Gasteiger partial charge is 0.343 e. The molecule has 0 saturated carbocycles. The van der Waals surface area contributed by atoms with Gasteiger partial charge in [0.15, 0.2) is 0 Å². The summed E-state index contributed by atoms with van der Waals surface area (Å²) < 4.78 is 0. The van der Waals surface area contributed by atoms with E-state index in [2.05, 4.69) is 22.0 Å². The molecule has 0 spiro atoms. The third-order valence-corrected chi connectivity index (χ3v) is 3.15. The van der Waals surface area contributed by atoms with Crippen molar-refractivity contribution in [1.82, 2.24) is 14.8 Å². The molecule has 0 fully saturated rings. The van der Waals surface area contributed by atoms with E-state index in [1.54, 1.807) is 25.2 Å². The minimum atomic E-state index is -0.0800. The van der Waals surface area contributed by atoms with Gasteiger partial charge in [-0.15, -0.1) is 0 Å². The maximum absolute atomic E-state index is 12.3. The van der Waals surface area contributed by atoms with Crippen LogP contribution in [0.3, 0.4) is 0 Å². The van der Waals surface area contributed by atoms with Crippen LogP contribution in [0.2, 0.25) is 0 Å². The summed E-state index contributed by atoms with van der Waals surface area (Å²) in [6, 6.07) is 12.0. The molecular formula is C17H21N3O. The highest BCUT2D eigenvalue weighted by Gasteiger charge is 2.15. The highest BCUT2D eigenvalue weighted by molar-refractivity contribution is 5.98. The number of carbonyl (C=O) groups is 1. The van der Waals surface area contributed by atoms with Crippen molar-refractivity contribution >= 4 is 5.91 Å². The molecule has 0 radical (unpaired) electrons. The Morgan fingerprint density at radius 2 is 1.86 bits per heavy atom. The van der Waals surface area contributed by atoms with E-state index < -0.39 is 0 Å². The molecule has 0 atom stereocenters. The molecule has 1 amide bonds. The second-order valence-electron chi connectivity index (χ2n) is 5.54. The predicted molar refractivity (Wildman–Crippen MR) is 85.1 cm³/mol. The lowest BCUT2D eigenvalue weighted by Gasteiger charge is -2.14. The number of hydrogen-bond acceptors (Lipinski definition) is 3. The molecule has 2 aromatic rings. The molecule has 1 aromatic carbocycles. The molecule has 4 heteroatoms. The number of nitrogens with zero attached hydrogens (tertiary/aromatic N) is 3. The third kappa shape index (κ3) is 3.67. The fraction of sp³-hybridized carbons (Fsp3) is 0.294. The van der Waals surface area contributed by atoms with Crippen LogP contribution in [0.5, 0.6) is 0 Å². The Balaban J connectivity index is 2.45. The Labute approximate surface area is 126 Å². The van der Waals surface area contributed by atoms with Crippen LogP contribution >= 0.6 is 0 Å². The average Bonchev–Trinajstić information content (AvgIpc) is 2.46. The van der Waals surface area contributed by atoms with Gasteiger partial charge in [-0.05, 0) is 37.4 Å². The molecule has 0 bridgehead atoms. The fourth-order valence-corrected chi connectivity index (χ4v) is 2.22. The maximum Gasteiger partial charge on any atom is 0.272 e. The summed E-state index contributed by atoms with van der Waals surface area (Å²) in [5.74, 6) is -0.0800. The normalized spacial score (nSPS) is 10.7. The van der Waals surface area contributed by atoms with Crippen molar-refractivity contribution < 1.29 is 4.79 Å². The first-order valence-corrected chi connectivity index (χ1v) is 6.89. The summed E-state index contributed by atoms with van der Waals surface area (Å²) in [6.07, 6.45) is 1.66. The number of benzene rings is 1. The molecule has 1 aromatic heterocycles. The molecular weight excluding hydrogens is 262 g/mol. The van der Waals surface area contributed by atoms with Crippen LogP contribution in [0.25, 0.3) is 11.1 Å². The van der Waals surface area contributed by atoms with Gasteiger partial charge in [-0.25, -0.2) is 0 Å². The summed E-state index contributed by atoms with van der Waals surface area (Å²) in [7, 11) is 7.56.